The second-order valence-electron chi connectivity index (χ2n) is 9.30. The molecule has 0 radical (unpaired) electrons. The van der Waals surface area contributed by atoms with Gasteiger partial charge in [-0.1, -0.05) is 24.3 Å². The maximum atomic E-state index is 13.0. The summed E-state index contributed by atoms with van der Waals surface area (Å²) in [5.74, 6) is -0.362. The highest BCUT2D eigenvalue weighted by atomic mass is 16.1. The molecule has 0 atom stereocenters. The van der Waals surface area contributed by atoms with Gasteiger partial charge in [0.15, 0.2) is 0 Å². The number of nitrogens with zero attached hydrogens (tertiary/aromatic N) is 4. The van der Waals surface area contributed by atoms with Crippen molar-refractivity contribution in [3.8, 4) is 17.3 Å². The minimum absolute atomic E-state index is 0. The molecule has 4 rings (SSSR count). The predicted octanol–water partition coefficient (Wildman–Crippen LogP) is 3.55. The van der Waals surface area contributed by atoms with Crippen molar-refractivity contribution >= 4 is 11.5 Å². The molecule has 1 aliphatic carbocycles. The number of aryl methyl sites for hydroxylation is 1. The molecule has 3 aromatic rings. The number of allylic oxidation sites excluding steroid dienone is 1. The average Bonchev–Trinajstić information content (AvgIpc) is 3.68. The molecule has 1 fully saturated rings. The summed E-state index contributed by atoms with van der Waals surface area (Å²) in [7, 11) is 0. The van der Waals surface area contributed by atoms with Crippen molar-refractivity contribution in [1.29, 1.82) is 5.26 Å². The first-order chi connectivity index (χ1) is 16.7. The van der Waals surface area contributed by atoms with E-state index in [1.807, 2.05) is 24.3 Å². The highest BCUT2D eigenvalue weighted by Gasteiger charge is 2.22. The summed E-state index contributed by atoms with van der Waals surface area (Å²) in [6.45, 7) is 5.82. The van der Waals surface area contributed by atoms with E-state index in [-0.39, 0.29) is 18.5 Å². The minimum Gasteiger partial charge on any atom is -0.398 e. The Hall–Kier alpha value is -4.09. The van der Waals surface area contributed by atoms with E-state index >= 15 is 0 Å². The number of rotatable bonds is 8. The Kier molecular flexibility index (Phi) is 6.63. The van der Waals surface area contributed by atoms with Gasteiger partial charge in [0.1, 0.15) is 11.2 Å². The number of pyridine rings is 1. The zero-order valence-electron chi connectivity index (χ0n) is 20.1. The second kappa shape index (κ2) is 9.65. The van der Waals surface area contributed by atoms with Crippen molar-refractivity contribution in [2.75, 3.05) is 0 Å². The molecule has 0 bridgehead atoms. The van der Waals surface area contributed by atoms with E-state index in [9.17, 15) is 14.9 Å². The van der Waals surface area contributed by atoms with Gasteiger partial charge in [0, 0.05) is 43.6 Å². The number of nitrogens with two attached hydrogens (primary N) is 1. The molecule has 0 aliphatic heterocycles. The van der Waals surface area contributed by atoms with E-state index in [2.05, 4.69) is 21.4 Å². The van der Waals surface area contributed by atoms with Crippen LogP contribution in [0.1, 0.15) is 55.4 Å². The van der Waals surface area contributed by atoms with Crippen molar-refractivity contribution in [3.05, 3.63) is 87.7 Å². The highest BCUT2D eigenvalue weighted by Crippen LogP contribution is 2.21. The fourth-order valence-electron chi connectivity index (χ4n) is 3.61. The SMILES string of the molecule is Cc1ncc(-c2ccc(=O)n(C(C)(C)C#N)c2)nc1C(=O)C=C(N)c1ccc(CNC2CC2)cc1.[HH]. The van der Waals surface area contributed by atoms with Gasteiger partial charge in [-0.2, -0.15) is 5.26 Å². The fourth-order valence-corrected chi connectivity index (χ4v) is 3.61. The first-order valence-electron chi connectivity index (χ1n) is 11.5. The van der Waals surface area contributed by atoms with E-state index < -0.39 is 5.54 Å². The largest absolute Gasteiger partial charge is 0.398 e. The summed E-state index contributed by atoms with van der Waals surface area (Å²) in [4.78, 5) is 34.2. The molecular formula is C27H30N6O2. The molecule has 1 aliphatic rings. The first kappa shape index (κ1) is 24.0. The van der Waals surface area contributed by atoms with Crippen LogP contribution < -0.4 is 16.6 Å². The van der Waals surface area contributed by atoms with Crippen LogP contribution in [0.15, 0.2) is 59.7 Å². The Morgan fingerprint density at radius 2 is 2.00 bits per heavy atom. The number of hydrogen-bond donors (Lipinski definition) is 2. The molecule has 8 heteroatoms. The zero-order valence-corrected chi connectivity index (χ0v) is 20.1. The van der Waals surface area contributed by atoms with E-state index in [4.69, 9.17) is 5.73 Å². The fraction of sp³-hybridized carbons (Fsp3) is 0.296. The number of nitriles is 1. The van der Waals surface area contributed by atoms with E-state index in [1.165, 1.54) is 35.7 Å². The number of nitrogens with one attached hydrogen (secondary N) is 1. The lowest BCUT2D eigenvalue weighted by Gasteiger charge is -2.19. The molecule has 8 nitrogen and oxygen atoms in total. The Bertz CT molecular complexity index is 1400. The van der Waals surface area contributed by atoms with Crippen LogP contribution in [0, 0.1) is 18.3 Å². The van der Waals surface area contributed by atoms with Crippen LogP contribution in [0.5, 0.6) is 0 Å². The van der Waals surface area contributed by atoms with Crippen LogP contribution >= 0.6 is 0 Å². The van der Waals surface area contributed by atoms with Crippen LogP contribution in [0.2, 0.25) is 0 Å². The Balaban J connectivity index is 0.00000361. The maximum absolute atomic E-state index is 13.0. The van der Waals surface area contributed by atoms with Gasteiger partial charge in [0.25, 0.3) is 5.56 Å². The van der Waals surface area contributed by atoms with Crippen LogP contribution in [-0.4, -0.2) is 26.4 Å². The Morgan fingerprint density at radius 1 is 1.29 bits per heavy atom. The van der Waals surface area contributed by atoms with Gasteiger partial charge in [-0.25, -0.2) is 4.98 Å². The maximum Gasteiger partial charge on any atom is 0.251 e. The Labute approximate surface area is 205 Å². The minimum atomic E-state index is -1.04. The zero-order chi connectivity index (χ0) is 25.2. The van der Waals surface area contributed by atoms with Crippen molar-refractivity contribution in [2.45, 2.75) is 51.7 Å². The quantitative estimate of drug-likeness (QED) is 0.381. The number of carbonyl (C=O) groups excluding carboxylic acids is 1. The summed E-state index contributed by atoms with van der Waals surface area (Å²) in [6, 6.07) is 13.5. The molecule has 1 aromatic carbocycles. The van der Waals surface area contributed by atoms with Gasteiger partial charge in [0.05, 0.1) is 23.7 Å². The highest BCUT2D eigenvalue weighted by molar-refractivity contribution is 6.07. The molecule has 0 saturated heterocycles. The lowest BCUT2D eigenvalue weighted by Crippen LogP contribution is -2.34. The topological polar surface area (TPSA) is 127 Å². The van der Waals surface area contributed by atoms with E-state index in [0.29, 0.717) is 28.7 Å². The molecule has 1 saturated carbocycles. The van der Waals surface area contributed by atoms with Crippen LogP contribution in [-0.2, 0) is 12.1 Å². The van der Waals surface area contributed by atoms with Gasteiger partial charge in [-0.05, 0) is 50.8 Å². The molecule has 35 heavy (non-hydrogen) atoms. The van der Waals surface area contributed by atoms with Gasteiger partial charge in [-0.3, -0.25) is 19.1 Å². The standard InChI is InChI=1S/C27H28N6O2.H2/c1-17-26(24(34)12-22(29)19-6-4-18(5-7-19)13-31-21-9-10-21)32-23(14-30-17)20-8-11-25(35)33(15-20)27(2,3)16-28;/h4-8,11-12,14-15,21,31H,9-10,13,29H2,1-3H3;1H. The third-order valence-electron chi connectivity index (χ3n) is 6.02. The number of benzene rings is 1. The van der Waals surface area contributed by atoms with Crippen molar-refractivity contribution in [3.63, 3.8) is 0 Å². The monoisotopic (exact) mass is 470 g/mol. The van der Waals surface area contributed by atoms with Crippen molar-refractivity contribution < 1.29 is 6.22 Å². The van der Waals surface area contributed by atoms with Gasteiger partial charge >= 0.3 is 0 Å². The lowest BCUT2D eigenvalue weighted by atomic mass is 10.1. The van der Waals surface area contributed by atoms with Gasteiger partial charge in [-0.15, -0.1) is 0 Å². The number of ketones is 1. The number of aromatic nitrogens is 3. The Morgan fingerprint density at radius 3 is 2.66 bits per heavy atom. The average molecular weight is 471 g/mol. The molecule has 2 heterocycles. The molecule has 0 spiro atoms. The normalized spacial score (nSPS) is 13.9. The number of hydrogen-bond acceptors (Lipinski definition) is 7. The molecule has 0 unspecified atom stereocenters. The van der Waals surface area contributed by atoms with E-state index in [0.717, 1.165) is 17.7 Å². The van der Waals surface area contributed by atoms with Crippen molar-refractivity contribution in [1.82, 2.24) is 19.9 Å². The van der Waals surface area contributed by atoms with Gasteiger partial charge < -0.3 is 11.1 Å². The predicted molar refractivity (Wildman–Crippen MR) is 136 cm³/mol. The van der Waals surface area contributed by atoms with Crippen molar-refractivity contribution in [2.24, 2.45) is 5.73 Å². The van der Waals surface area contributed by atoms with Crippen LogP contribution in [0.25, 0.3) is 17.0 Å². The lowest BCUT2D eigenvalue weighted by molar-refractivity contribution is 0.104. The molecule has 2 aromatic heterocycles. The smallest absolute Gasteiger partial charge is 0.251 e. The summed E-state index contributed by atoms with van der Waals surface area (Å²) < 4.78 is 1.34. The molecule has 3 N–H and O–H groups in total. The first-order valence-corrected chi connectivity index (χ1v) is 11.5. The third kappa shape index (κ3) is 5.53. The molecule has 180 valence electrons. The van der Waals surface area contributed by atoms with Crippen LogP contribution in [0.4, 0.5) is 0 Å². The second-order valence-corrected chi connectivity index (χ2v) is 9.30. The summed E-state index contributed by atoms with van der Waals surface area (Å²) in [5, 5.41) is 12.9. The van der Waals surface area contributed by atoms with Gasteiger partial charge in [0.2, 0.25) is 5.78 Å². The summed E-state index contributed by atoms with van der Waals surface area (Å²) in [5.41, 5.74) is 8.76. The number of carbonyl (C=O) groups is 1. The van der Waals surface area contributed by atoms with E-state index in [1.54, 1.807) is 33.0 Å². The molecular weight excluding hydrogens is 440 g/mol. The summed E-state index contributed by atoms with van der Waals surface area (Å²) in [6.07, 6.45) is 6.93. The third-order valence-corrected chi connectivity index (χ3v) is 6.02. The van der Waals surface area contributed by atoms with Crippen LogP contribution in [0.3, 0.4) is 0 Å². The summed E-state index contributed by atoms with van der Waals surface area (Å²) >= 11 is 0. The molecule has 0 amide bonds.